The summed E-state index contributed by atoms with van der Waals surface area (Å²) in [6.07, 6.45) is -4.86. The number of hydrogen-bond acceptors (Lipinski definition) is 5. The van der Waals surface area contributed by atoms with E-state index >= 15 is 0 Å². The van der Waals surface area contributed by atoms with Crippen molar-refractivity contribution in [1.29, 1.82) is 0 Å². The van der Waals surface area contributed by atoms with Gasteiger partial charge in [-0.15, -0.1) is 0 Å². The Hall–Kier alpha value is -0.600. The van der Waals surface area contributed by atoms with Crippen LogP contribution < -0.4 is 0 Å². The van der Waals surface area contributed by atoms with Crippen molar-refractivity contribution in [2.75, 3.05) is 6.61 Å². The zero-order chi connectivity index (χ0) is 15.3. The summed E-state index contributed by atoms with van der Waals surface area (Å²) < 4.78 is 6.78. The highest BCUT2D eigenvalue weighted by Crippen LogP contribution is 2.34. The van der Waals surface area contributed by atoms with Crippen molar-refractivity contribution < 1.29 is 20.1 Å². The van der Waals surface area contributed by atoms with E-state index in [0.717, 1.165) is 0 Å². The molecule has 1 aromatic heterocycles. The lowest BCUT2D eigenvalue weighted by molar-refractivity contribution is -0.209. The minimum atomic E-state index is -1.36. The lowest BCUT2D eigenvalue weighted by atomic mass is 10.0. The Morgan fingerprint density at radius 2 is 1.76 bits per heavy atom. The van der Waals surface area contributed by atoms with Crippen molar-refractivity contribution in [2.45, 2.75) is 24.5 Å². The quantitative estimate of drug-likeness (QED) is 0.725. The van der Waals surface area contributed by atoms with Crippen LogP contribution in [0.25, 0.3) is 11.0 Å². The summed E-state index contributed by atoms with van der Waals surface area (Å²) in [5.41, 5.74) is 0.979. The van der Waals surface area contributed by atoms with Crippen LogP contribution in [0.5, 0.6) is 0 Å². The summed E-state index contributed by atoms with van der Waals surface area (Å²) >= 11 is 18.0. The van der Waals surface area contributed by atoms with Crippen LogP contribution in [0.15, 0.2) is 12.1 Å². The molecule has 0 aliphatic carbocycles. The van der Waals surface area contributed by atoms with Crippen LogP contribution in [0, 0.1) is 0 Å². The van der Waals surface area contributed by atoms with Gasteiger partial charge in [0.1, 0.15) is 18.3 Å². The summed E-state index contributed by atoms with van der Waals surface area (Å²) in [4.78, 5) is 4.12. The van der Waals surface area contributed by atoms with Crippen LogP contribution in [-0.4, -0.2) is 49.8 Å². The summed E-state index contributed by atoms with van der Waals surface area (Å²) in [7, 11) is 0. The lowest BCUT2D eigenvalue weighted by Crippen LogP contribution is -2.50. The maximum absolute atomic E-state index is 10.1. The van der Waals surface area contributed by atoms with Crippen molar-refractivity contribution in [3.05, 3.63) is 27.5 Å². The van der Waals surface area contributed by atoms with E-state index in [4.69, 9.17) is 39.5 Å². The van der Waals surface area contributed by atoms with Crippen LogP contribution in [-0.2, 0) is 4.74 Å². The second-order valence-electron chi connectivity index (χ2n) is 4.78. The van der Waals surface area contributed by atoms with E-state index in [1.54, 1.807) is 12.1 Å². The monoisotopic (exact) mass is 352 g/mol. The third-order valence-electron chi connectivity index (χ3n) is 3.42. The fourth-order valence-corrected chi connectivity index (χ4v) is 2.92. The molecule has 9 heteroatoms. The smallest absolute Gasteiger partial charge is 0.206 e. The van der Waals surface area contributed by atoms with Crippen LogP contribution in [0.4, 0.5) is 0 Å². The van der Waals surface area contributed by atoms with Gasteiger partial charge in [0.05, 0.1) is 27.7 Å². The number of imidazole rings is 1. The first-order chi connectivity index (χ1) is 9.90. The van der Waals surface area contributed by atoms with Gasteiger partial charge in [0.25, 0.3) is 0 Å². The van der Waals surface area contributed by atoms with E-state index in [2.05, 4.69) is 4.98 Å². The molecule has 0 bridgehead atoms. The fourth-order valence-electron chi connectivity index (χ4n) is 2.32. The molecule has 3 N–H and O–H groups in total. The summed E-state index contributed by atoms with van der Waals surface area (Å²) in [6.45, 7) is -0.139. The minimum absolute atomic E-state index is 0.0518. The van der Waals surface area contributed by atoms with Crippen molar-refractivity contribution in [3.63, 3.8) is 0 Å². The lowest BCUT2D eigenvalue weighted by Gasteiger charge is -2.36. The molecule has 3 rings (SSSR count). The van der Waals surface area contributed by atoms with Crippen molar-refractivity contribution >= 4 is 45.8 Å². The molecule has 0 spiro atoms. The number of hydrogen-bond donors (Lipinski definition) is 3. The van der Waals surface area contributed by atoms with Gasteiger partial charge in [-0.2, -0.15) is 0 Å². The van der Waals surface area contributed by atoms with E-state index in [0.29, 0.717) is 21.1 Å². The van der Waals surface area contributed by atoms with Gasteiger partial charge in [-0.05, 0) is 23.7 Å². The Kier molecular flexibility index (Phi) is 4.04. The highest BCUT2D eigenvalue weighted by atomic mass is 35.5. The second-order valence-corrected chi connectivity index (χ2v) is 5.93. The Labute approximate surface area is 134 Å². The Morgan fingerprint density at radius 1 is 1.10 bits per heavy atom. The second kappa shape index (κ2) is 5.55. The van der Waals surface area contributed by atoms with Crippen LogP contribution in [0.3, 0.4) is 0 Å². The van der Waals surface area contributed by atoms with Crippen LogP contribution in [0.2, 0.25) is 15.3 Å². The first-order valence-electron chi connectivity index (χ1n) is 6.08. The number of ether oxygens (including phenoxy) is 1. The predicted molar refractivity (Wildman–Crippen MR) is 77.8 cm³/mol. The molecule has 21 heavy (non-hydrogen) atoms. The molecule has 2 heterocycles. The molecule has 1 aromatic carbocycles. The number of aliphatic hydroxyl groups excluding tert-OH is 3. The van der Waals surface area contributed by atoms with Gasteiger partial charge in [0.15, 0.2) is 6.23 Å². The van der Waals surface area contributed by atoms with Crippen LogP contribution >= 0.6 is 34.8 Å². The number of aromatic nitrogens is 2. The molecule has 1 aliphatic heterocycles. The molecule has 0 unspecified atom stereocenters. The average molecular weight is 354 g/mol. The van der Waals surface area contributed by atoms with Gasteiger partial charge in [-0.1, -0.05) is 23.2 Å². The van der Waals surface area contributed by atoms with E-state index in [1.807, 2.05) is 0 Å². The van der Waals surface area contributed by atoms with E-state index in [-0.39, 0.29) is 11.9 Å². The van der Waals surface area contributed by atoms with Crippen molar-refractivity contribution in [3.8, 4) is 0 Å². The van der Waals surface area contributed by atoms with E-state index in [9.17, 15) is 15.3 Å². The molecule has 4 atom stereocenters. The summed E-state index contributed by atoms with van der Waals surface area (Å²) in [6, 6.07) is 3.09. The summed E-state index contributed by atoms with van der Waals surface area (Å²) in [5.74, 6) is 0. The first-order valence-corrected chi connectivity index (χ1v) is 7.22. The number of fused-ring (bicyclic) bond motifs is 1. The number of nitrogens with zero attached hydrogens (tertiary/aromatic N) is 2. The first kappa shape index (κ1) is 15.3. The standard InChI is InChI=1S/C12H11Cl3N2O4/c13-4-1-6-7(2-5(4)14)17(12(15)16-6)11-10(20)9(19)8(18)3-21-11/h1-2,8-11,18-20H,3H2/t8-,9+,10+,11+/m0/s1. The predicted octanol–water partition coefficient (Wildman–Crippen LogP) is 1.61. The van der Waals surface area contributed by atoms with E-state index < -0.39 is 24.5 Å². The molecule has 0 amide bonds. The Morgan fingerprint density at radius 3 is 2.48 bits per heavy atom. The number of aliphatic hydroxyl groups is 3. The molecular weight excluding hydrogens is 343 g/mol. The van der Waals surface area contributed by atoms with Gasteiger partial charge >= 0.3 is 0 Å². The largest absolute Gasteiger partial charge is 0.388 e. The van der Waals surface area contributed by atoms with Gasteiger partial charge in [-0.25, -0.2) is 4.98 Å². The molecule has 6 nitrogen and oxygen atoms in total. The molecule has 0 radical (unpaired) electrons. The maximum Gasteiger partial charge on any atom is 0.206 e. The molecular formula is C12H11Cl3N2O4. The SMILES string of the molecule is O[C@@H]1[C@H](O)[C@@H](O)CO[C@H]1n1c(Cl)nc2cc(Cl)c(Cl)cc21. The number of benzene rings is 1. The van der Waals surface area contributed by atoms with Gasteiger partial charge in [0, 0.05) is 0 Å². The normalized spacial score (nSPS) is 30.0. The van der Waals surface area contributed by atoms with Crippen LogP contribution in [0.1, 0.15) is 6.23 Å². The minimum Gasteiger partial charge on any atom is -0.388 e. The topological polar surface area (TPSA) is 87.7 Å². The third kappa shape index (κ3) is 2.51. The van der Waals surface area contributed by atoms with Gasteiger partial charge < -0.3 is 20.1 Å². The third-order valence-corrected chi connectivity index (χ3v) is 4.41. The molecule has 1 fully saturated rings. The Bertz CT molecular complexity index is 693. The zero-order valence-corrected chi connectivity index (χ0v) is 12.7. The number of halogens is 3. The van der Waals surface area contributed by atoms with E-state index in [1.165, 1.54) is 4.57 Å². The Balaban J connectivity index is 2.12. The zero-order valence-electron chi connectivity index (χ0n) is 10.4. The van der Waals surface area contributed by atoms with Crippen molar-refractivity contribution in [2.24, 2.45) is 0 Å². The summed E-state index contributed by atoms with van der Waals surface area (Å²) in [5, 5.41) is 30.0. The maximum atomic E-state index is 10.1. The molecule has 0 saturated carbocycles. The van der Waals surface area contributed by atoms with Crippen molar-refractivity contribution in [1.82, 2.24) is 9.55 Å². The molecule has 1 saturated heterocycles. The highest BCUT2D eigenvalue weighted by Gasteiger charge is 2.40. The highest BCUT2D eigenvalue weighted by molar-refractivity contribution is 6.42. The molecule has 2 aromatic rings. The van der Waals surface area contributed by atoms with Gasteiger partial charge in [-0.3, -0.25) is 4.57 Å². The number of rotatable bonds is 1. The average Bonchev–Trinajstić information content (AvgIpc) is 2.73. The van der Waals surface area contributed by atoms with Gasteiger partial charge in [0.2, 0.25) is 5.28 Å². The fraction of sp³-hybridized carbons (Fsp3) is 0.417. The molecule has 114 valence electrons. The molecule has 1 aliphatic rings.